The molecule has 2 N–H and O–H groups in total. The lowest BCUT2D eigenvalue weighted by Gasteiger charge is -2.37. The van der Waals surface area contributed by atoms with Gasteiger partial charge in [-0.3, -0.25) is 0 Å². The first-order chi connectivity index (χ1) is 9.87. The molecule has 0 spiro atoms. The Labute approximate surface area is 126 Å². The van der Waals surface area contributed by atoms with Crippen molar-refractivity contribution >= 4 is 15.7 Å². The lowest BCUT2D eigenvalue weighted by atomic mass is 9.93. The molecule has 0 aromatic heterocycles. The molecule has 1 aliphatic heterocycles. The molecule has 0 unspecified atom stereocenters. The zero-order valence-electron chi connectivity index (χ0n) is 12.2. The highest BCUT2D eigenvalue weighted by molar-refractivity contribution is 7.89. The first-order valence-corrected chi connectivity index (χ1v) is 8.94. The van der Waals surface area contributed by atoms with Gasteiger partial charge in [-0.15, -0.1) is 0 Å². The molecule has 116 valence electrons. The third-order valence-corrected chi connectivity index (χ3v) is 5.80. The van der Waals surface area contributed by atoms with Crippen LogP contribution in [0.25, 0.3) is 0 Å². The van der Waals surface area contributed by atoms with Crippen molar-refractivity contribution in [1.82, 2.24) is 4.72 Å². The van der Waals surface area contributed by atoms with Crippen LogP contribution in [0, 0.1) is 0 Å². The van der Waals surface area contributed by atoms with Gasteiger partial charge in [0.25, 0.3) is 0 Å². The molecule has 1 saturated heterocycles. The van der Waals surface area contributed by atoms with Crippen LogP contribution in [0.4, 0.5) is 5.69 Å². The van der Waals surface area contributed by atoms with Crippen LogP contribution in [0.2, 0.25) is 0 Å². The zero-order chi connectivity index (χ0) is 15.1. The number of benzene rings is 1. The zero-order valence-corrected chi connectivity index (χ0v) is 13.1. The van der Waals surface area contributed by atoms with Crippen LogP contribution >= 0.6 is 0 Å². The van der Waals surface area contributed by atoms with Crippen molar-refractivity contribution in [3.8, 4) is 0 Å². The molecule has 0 bridgehead atoms. The number of hydrogen-bond acceptors (Lipinski definition) is 4. The lowest BCUT2D eigenvalue weighted by Crippen LogP contribution is -2.43. The van der Waals surface area contributed by atoms with E-state index in [9.17, 15) is 13.5 Å². The van der Waals surface area contributed by atoms with Gasteiger partial charge in [0, 0.05) is 19.1 Å². The molecule has 1 heterocycles. The van der Waals surface area contributed by atoms with Gasteiger partial charge < -0.3 is 10.0 Å². The smallest absolute Gasteiger partial charge is 0.242 e. The molecule has 5 nitrogen and oxygen atoms in total. The van der Waals surface area contributed by atoms with E-state index in [-0.39, 0.29) is 6.04 Å². The monoisotopic (exact) mass is 310 g/mol. The molecule has 6 heteroatoms. The fraction of sp³-hybridized carbons (Fsp3) is 0.600. The molecule has 1 aromatic carbocycles. The Hall–Kier alpha value is -1.11. The van der Waals surface area contributed by atoms with Gasteiger partial charge in [-0.1, -0.05) is 12.1 Å². The number of anilines is 1. The molecule has 2 fully saturated rings. The van der Waals surface area contributed by atoms with Gasteiger partial charge in [0.2, 0.25) is 10.0 Å². The van der Waals surface area contributed by atoms with E-state index < -0.39 is 15.6 Å². The summed E-state index contributed by atoms with van der Waals surface area (Å²) < 4.78 is 27.7. The van der Waals surface area contributed by atoms with Crippen molar-refractivity contribution in [2.75, 3.05) is 18.0 Å². The van der Waals surface area contributed by atoms with Gasteiger partial charge in [-0.2, -0.15) is 0 Å². The molecule has 0 amide bonds. The Morgan fingerprint density at radius 2 is 1.86 bits per heavy atom. The van der Waals surface area contributed by atoms with Gasteiger partial charge in [0.1, 0.15) is 4.90 Å². The van der Waals surface area contributed by atoms with Crippen LogP contribution in [0.1, 0.15) is 32.6 Å². The van der Waals surface area contributed by atoms with E-state index in [4.69, 9.17) is 0 Å². The third-order valence-electron chi connectivity index (χ3n) is 4.24. The van der Waals surface area contributed by atoms with Gasteiger partial charge in [-0.25, -0.2) is 13.1 Å². The van der Waals surface area contributed by atoms with Crippen LogP contribution in [-0.4, -0.2) is 38.3 Å². The van der Waals surface area contributed by atoms with E-state index in [1.807, 2.05) is 19.1 Å². The van der Waals surface area contributed by atoms with Crippen molar-refractivity contribution in [2.24, 2.45) is 0 Å². The normalized spacial score (nSPS) is 22.3. The highest BCUT2D eigenvalue weighted by Crippen LogP contribution is 2.31. The largest absolute Gasteiger partial charge is 0.390 e. The second-order valence-electron chi connectivity index (χ2n) is 6.35. The predicted octanol–water partition coefficient (Wildman–Crippen LogP) is 1.48. The highest BCUT2D eigenvalue weighted by Gasteiger charge is 2.32. The molecule has 0 atom stereocenters. The van der Waals surface area contributed by atoms with Crippen LogP contribution in [0.15, 0.2) is 29.2 Å². The fourth-order valence-electron chi connectivity index (χ4n) is 2.66. The van der Waals surface area contributed by atoms with Crippen LogP contribution < -0.4 is 9.62 Å². The molecular weight excluding hydrogens is 288 g/mol. The lowest BCUT2D eigenvalue weighted by molar-refractivity contribution is 0.0350. The average Bonchev–Trinajstić information content (AvgIpc) is 3.22. The summed E-state index contributed by atoms with van der Waals surface area (Å²) in [6, 6.07) is 7.22. The molecule has 2 aliphatic rings. The van der Waals surface area contributed by atoms with E-state index >= 15 is 0 Å². The molecule has 21 heavy (non-hydrogen) atoms. The number of rotatable bonds is 4. The summed E-state index contributed by atoms with van der Waals surface area (Å²) in [5, 5.41) is 10.0. The Balaban J connectivity index is 1.86. The quantitative estimate of drug-likeness (QED) is 0.884. The first-order valence-electron chi connectivity index (χ1n) is 7.46. The minimum atomic E-state index is -3.46. The summed E-state index contributed by atoms with van der Waals surface area (Å²) in [4.78, 5) is 2.40. The molecular formula is C15H22N2O3S. The number of piperidine rings is 1. The van der Waals surface area contributed by atoms with Crippen LogP contribution in [0.3, 0.4) is 0 Å². The first kappa shape index (κ1) is 14.8. The van der Waals surface area contributed by atoms with E-state index in [1.54, 1.807) is 12.1 Å². The molecule has 0 radical (unpaired) electrons. The molecule has 3 rings (SSSR count). The number of para-hydroxylation sites is 1. The summed E-state index contributed by atoms with van der Waals surface area (Å²) in [6.07, 6.45) is 3.15. The maximum Gasteiger partial charge on any atom is 0.242 e. The Bertz CT molecular complexity index is 614. The van der Waals surface area contributed by atoms with Crippen molar-refractivity contribution in [2.45, 2.75) is 49.1 Å². The predicted molar refractivity (Wildman–Crippen MR) is 81.9 cm³/mol. The molecule has 1 saturated carbocycles. The number of sulfonamides is 1. The van der Waals surface area contributed by atoms with Gasteiger partial charge in [0.15, 0.2) is 0 Å². The van der Waals surface area contributed by atoms with Crippen LogP contribution in [-0.2, 0) is 10.0 Å². The third kappa shape index (κ3) is 3.39. The van der Waals surface area contributed by atoms with E-state index in [2.05, 4.69) is 9.62 Å². The second kappa shape index (κ2) is 5.26. The summed E-state index contributed by atoms with van der Waals surface area (Å²) in [7, 11) is -3.46. The second-order valence-corrected chi connectivity index (χ2v) is 8.03. The maximum absolute atomic E-state index is 12.5. The summed E-state index contributed by atoms with van der Waals surface area (Å²) in [5.41, 5.74) is 0.0949. The van der Waals surface area contributed by atoms with Crippen LogP contribution in [0.5, 0.6) is 0 Å². The topological polar surface area (TPSA) is 69.6 Å². The Morgan fingerprint density at radius 1 is 1.24 bits per heavy atom. The Kier molecular flexibility index (Phi) is 3.71. The SMILES string of the molecule is CC1(O)CCN(c2ccccc2S(=O)(=O)NC2CC2)CC1. The molecule has 1 aromatic rings. The number of nitrogens with zero attached hydrogens (tertiary/aromatic N) is 1. The van der Waals surface area contributed by atoms with E-state index in [1.165, 1.54) is 0 Å². The van der Waals surface area contributed by atoms with Crippen molar-refractivity contribution in [3.63, 3.8) is 0 Å². The summed E-state index contributed by atoms with van der Waals surface area (Å²) in [5.74, 6) is 0. The van der Waals surface area contributed by atoms with Crippen molar-refractivity contribution < 1.29 is 13.5 Å². The minimum Gasteiger partial charge on any atom is -0.390 e. The maximum atomic E-state index is 12.5. The van der Waals surface area contributed by atoms with E-state index in [0.717, 1.165) is 18.5 Å². The summed E-state index contributed by atoms with van der Waals surface area (Å²) >= 11 is 0. The van der Waals surface area contributed by atoms with Gasteiger partial charge in [0.05, 0.1) is 11.3 Å². The Morgan fingerprint density at radius 3 is 2.48 bits per heavy atom. The van der Waals surface area contributed by atoms with Crippen molar-refractivity contribution in [3.05, 3.63) is 24.3 Å². The molecule has 1 aliphatic carbocycles. The number of aliphatic hydroxyl groups is 1. The number of hydrogen-bond donors (Lipinski definition) is 2. The fourth-order valence-corrected chi connectivity index (χ4v) is 4.19. The number of nitrogens with one attached hydrogen (secondary N) is 1. The average molecular weight is 310 g/mol. The standard InChI is InChI=1S/C15H22N2O3S/c1-15(18)8-10-17(11-9-15)13-4-2-3-5-14(13)21(19,20)16-12-6-7-12/h2-5,12,16,18H,6-11H2,1H3. The summed E-state index contributed by atoms with van der Waals surface area (Å²) in [6.45, 7) is 3.17. The highest BCUT2D eigenvalue weighted by atomic mass is 32.2. The minimum absolute atomic E-state index is 0.102. The van der Waals surface area contributed by atoms with E-state index in [0.29, 0.717) is 30.8 Å². The van der Waals surface area contributed by atoms with Gasteiger partial charge >= 0.3 is 0 Å². The van der Waals surface area contributed by atoms with Crippen molar-refractivity contribution in [1.29, 1.82) is 0 Å². The van der Waals surface area contributed by atoms with Gasteiger partial charge in [-0.05, 0) is 44.7 Å².